The standard InChI is InChI=1S/C31H30ClN3O4S/c1-22-7-14-29(15-8-22)40(37,38)35(30-16-9-23(2)17-24(30)3)20-31(36)34-33-19-25-10-12-28(13-11-25)39-21-26-5-4-6-27(32)18-26/h4-19H,20-21H2,1-3H3,(H,34,36)/b33-19-. The first kappa shape index (κ1) is 28.9. The number of aryl methyl sites for hydroxylation is 3. The maximum Gasteiger partial charge on any atom is 0.264 e. The van der Waals surface area contributed by atoms with Crippen molar-refractivity contribution in [2.75, 3.05) is 10.8 Å². The second kappa shape index (κ2) is 12.8. The van der Waals surface area contributed by atoms with E-state index in [-0.39, 0.29) is 4.90 Å². The molecule has 4 rings (SSSR count). The second-order valence-corrected chi connectivity index (χ2v) is 11.7. The Morgan fingerprint density at radius 2 is 1.62 bits per heavy atom. The number of carbonyl (C=O) groups excluding carboxylic acids is 1. The molecule has 206 valence electrons. The molecular weight excluding hydrogens is 546 g/mol. The van der Waals surface area contributed by atoms with Crippen molar-refractivity contribution in [2.45, 2.75) is 32.3 Å². The van der Waals surface area contributed by atoms with Crippen molar-refractivity contribution in [1.82, 2.24) is 5.43 Å². The van der Waals surface area contributed by atoms with Crippen molar-refractivity contribution in [3.05, 3.63) is 124 Å². The van der Waals surface area contributed by atoms with Crippen molar-refractivity contribution in [1.29, 1.82) is 0 Å². The summed E-state index contributed by atoms with van der Waals surface area (Å²) in [7, 11) is -4.01. The van der Waals surface area contributed by atoms with E-state index in [1.54, 1.807) is 54.6 Å². The quantitative estimate of drug-likeness (QED) is 0.180. The van der Waals surface area contributed by atoms with Crippen LogP contribution < -0.4 is 14.5 Å². The second-order valence-electron chi connectivity index (χ2n) is 9.40. The molecule has 0 aliphatic carbocycles. The van der Waals surface area contributed by atoms with E-state index in [1.807, 2.05) is 57.2 Å². The Morgan fingerprint density at radius 3 is 2.30 bits per heavy atom. The fraction of sp³-hybridized carbons (Fsp3) is 0.161. The molecule has 0 fully saturated rings. The van der Waals surface area contributed by atoms with Gasteiger partial charge in [0.25, 0.3) is 15.9 Å². The highest BCUT2D eigenvalue weighted by atomic mass is 35.5. The van der Waals surface area contributed by atoms with Crippen molar-refractivity contribution in [3.63, 3.8) is 0 Å². The molecule has 4 aromatic rings. The number of sulfonamides is 1. The van der Waals surface area contributed by atoms with Gasteiger partial charge in [-0.05, 0) is 92.1 Å². The lowest BCUT2D eigenvalue weighted by molar-refractivity contribution is -0.119. The van der Waals surface area contributed by atoms with Gasteiger partial charge in [-0.1, -0.05) is 59.1 Å². The van der Waals surface area contributed by atoms with E-state index in [2.05, 4.69) is 10.5 Å². The lowest BCUT2D eigenvalue weighted by atomic mass is 10.1. The summed E-state index contributed by atoms with van der Waals surface area (Å²) < 4.78 is 34.1. The van der Waals surface area contributed by atoms with Crippen LogP contribution in [0.5, 0.6) is 5.75 Å². The summed E-state index contributed by atoms with van der Waals surface area (Å²) in [6.45, 7) is 5.57. The van der Waals surface area contributed by atoms with E-state index in [9.17, 15) is 13.2 Å². The number of ether oxygens (including phenoxy) is 1. The summed E-state index contributed by atoms with van der Waals surface area (Å²) in [4.78, 5) is 13.0. The monoisotopic (exact) mass is 575 g/mol. The molecule has 0 spiro atoms. The summed E-state index contributed by atoms with van der Waals surface area (Å²) in [5.74, 6) is 0.0972. The van der Waals surface area contributed by atoms with Crippen LogP contribution in [-0.2, 0) is 21.4 Å². The molecule has 0 bridgehead atoms. The third kappa shape index (κ3) is 7.49. The highest BCUT2D eigenvalue weighted by molar-refractivity contribution is 7.92. The number of hydrogen-bond donors (Lipinski definition) is 1. The minimum absolute atomic E-state index is 0.104. The summed E-state index contributed by atoms with van der Waals surface area (Å²) in [6.07, 6.45) is 1.48. The lowest BCUT2D eigenvalue weighted by Gasteiger charge is -2.25. The number of rotatable bonds is 10. The number of hydrogen-bond acceptors (Lipinski definition) is 5. The van der Waals surface area contributed by atoms with E-state index < -0.39 is 22.5 Å². The zero-order chi connectivity index (χ0) is 28.7. The number of nitrogens with one attached hydrogen (secondary N) is 1. The molecule has 4 aromatic carbocycles. The van der Waals surface area contributed by atoms with Crippen LogP contribution in [-0.4, -0.2) is 27.1 Å². The fourth-order valence-electron chi connectivity index (χ4n) is 4.01. The van der Waals surface area contributed by atoms with Gasteiger partial charge in [0.1, 0.15) is 18.9 Å². The maximum absolute atomic E-state index is 13.6. The molecule has 0 atom stereocenters. The van der Waals surface area contributed by atoms with Crippen LogP contribution >= 0.6 is 11.6 Å². The molecule has 0 radical (unpaired) electrons. The first-order valence-electron chi connectivity index (χ1n) is 12.6. The molecule has 0 saturated carbocycles. The SMILES string of the molecule is Cc1ccc(S(=O)(=O)N(CC(=O)N/N=C\c2ccc(OCc3cccc(Cl)c3)cc2)c2ccc(C)cc2C)cc1. The Hall–Kier alpha value is -4.14. The van der Waals surface area contributed by atoms with Crippen molar-refractivity contribution < 1.29 is 17.9 Å². The highest BCUT2D eigenvalue weighted by Crippen LogP contribution is 2.27. The van der Waals surface area contributed by atoms with E-state index >= 15 is 0 Å². The Labute approximate surface area is 240 Å². The first-order valence-corrected chi connectivity index (χ1v) is 14.4. The zero-order valence-electron chi connectivity index (χ0n) is 22.5. The number of anilines is 1. The third-order valence-corrected chi connectivity index (χ3v) is 8.10. The van der Waals surface area contributed by atoms with Crippen molar-refractivity contribution in [3.8, 4) is 5.75 Å². The predicted molar refractivity (Wildman–Crippen MR) is 160 cm³/mol. The highest BCUT2D eigenvalue weighted by Gasteiger charge is 2.28. The van der Waals surface area contributed by atoms with Crippen LogP contribution in [0.25, 0.3) is 0 Å². The van der Waals surface area contributed by atoms with E-state index in [0.29, 0.717) is 23.1 Å². The van der Waals surface area contributed by atoms with Gasteiger partial charge in [0.15, 0.2) is 0 Å². The fourth-order valence-corrected chi connectivity index (χ4v) is 5.71. The minimum atomic E-state index is -4.01. The maximum atomic E-state index is 13.6. The summed E-state index contributed by atoms with van der Waals surface area (Å²) in [5, 5.41) is 4.68. The first-order chi connectivity index (χ1) is 19.1. The van der Waals surface area contributed by atoms with E-state index in [1.165, 1.54) is 6.21 Å². The largest absolute Gasteiger partial charge is 0.489 e. The molecule has 0 saturated heterocycles. The van der Waals surface area contributed by atoms with Crippen molar-refractivity contribution in [2.24, 2.45) is 5.10 Å². The zero-order valence-corrected chi connectivity index (χ0v) is 24.0. The van der Waals surface area contributed by atoms with Crippen LogP contribution in [0.3, 0.4) is 0 Å². The molecule has 40 heavy (non-hydrogen) atoms. The van der Waals surface area contributed by atoms with Crippen LogP contribution in [0.15, 0.2) is 101 Å². The van der Waals surface area contributed by atoms with Gasteiger partial charge in [-0.2, -0.15) is 5.10 Å². The number of amides is 1. The number of halogens is 1. The Bertz CT molecular complexity index is 1620. The number of hydrazone groups is 1. The normalized spacial score (nSPS) is 11.4. The van der Waals surface area contributed by atoms with Gasteiger partial charge in [0, 0.05) is 5.02 Å². The van der Waals surface area contributed by atoms with Gasteiger partial charge in [-0.15, -0.1) is 0 Å². The van der Waals surface area contributed by atoms with E-state index in [4.69, 9.17) is 16.3 Å². The molecule has 9 heteroatoms. The summed E-state index contributed by atoms with van der Waals surface area (Å²) >= 11 is 6.01. The molecule has 1 N–H and O–H groups in total. The minimum Gasteiger partial charge on any atom is -0.489 e. The average molecular weight is 576 g/mol. The summed E-state index contributed by atoms with van der Waals surface area (Å²) in [6, 6.07) is 26.6. The van der Waals surface area contributed by atoms with Gasteiger partial charge in [-0.25, -0.2) is 13.8 Å². The lowest BCUT2D eigenvalue weighted by Crippen LogP contribution is -2.40. The van der Waals surface area contributed by atoms with Crippen LogP contribution in [0.4, 0.5) is 5.69 Å². The van der Waals surface area contributed by atoms with Gasteiger partial charge in [-0.3, -0.25) is 9.10 Å². The van der Waals surface area contributed by atoms with Gasteiger partial charge in [0.05, 0.1) is 16.8 Å². The van der Waals surface area contributed by atoms with Crippen LogP contribution in [0.2, 0.25) is 5.02 Å². The Balaban J connectivity index is 1.43. The van der Waals surface area contributed by atoms with Crippen LogP contribution in [0.1, 0.15) is 27.8 Å². The molecule has 0 aliphatic heterocycles. The molecule has 0 heterocycles. The van der Waals surface area contributed by atoms with Gasteiger partial charge >= 0.3 is 0 Å². The van der Waals surface area contributed by atoms with Gasteiger partial charge in [0.2, 0.25) is 0 Å². The van der Waals surface area contributed by atoms with Crippen molar-refractivity contribution >= 4 is 39.4 Å². The summed E-state index contributed by atoms with van der Waals surface area (Å²) in [5.41, 5.74) is 7.23. The molecule has 0 unspecified atom stereocenters. The third-order valence-electron chi connectivity index (χ3n) is 6.09. The smallest absolute Gasteiger partial charge is 0.264 e. The average Bonchev–Trinajstić information content (AvgIpc) is 2.92. The molecule has 0 aromatic heterocycles. The van der Waals surface area contributed by atoms with E-state index in [0.717, 1.165) is 32.1 Å². The Kier molecular flexibility index (Phi) is 9.24. The molecule has 0 aliphatic rings. The topological polar surface area (TPSA) is 88.1 Å². The van der Waals surface area contributed by atoms with Gasteiger partial charge < -0.3 is 4.74 Å². The number of nitrogens with zero attached hydrogens (tertiary/aromatic N) is 2. The number of carbonyl (C=O) groups is 1. The number of benzene rings is 4. The predicted octanol–water partition coefficient (Wildman–Crippen LogP) is 6.19. The molecule has 1 amide bonds. The molecular formula is C31H30ClN3O4S. The Morgan fingerprint density at radius 1 is 0.925 bits per heavy atom. The van der Waals surface area contributed by atoms with Crippen LogP contribution in [0, 0.1) is 20.8 Å². The molecule has 7 nitrogen and oxygen atoms in total.